The summed E-state index contributed by atoms with van der Waals surface area (Å²) < 4.78 is 50.6. The highest BCUT2D eigenvalue weighted by Crippen LogP contribution is 2.33. The Kier molecular flexibility index (Phi) is 5.35. The molecule has 2 N–H and O–H groups in total. The van der Waals surface area contributed by atoms with Crippen molar-refractivity contribution in [2.24, 2.45) is 0 Å². The van der Waals surface area contributed by atoms with Crippen LogP contribution in [0.15, 0.2) is 18.2 Å². The third-order valence-electron chi connectivity index (χ3n) is 2.92. The normalized spacial score (nSPS) is 18.5. The van der Waals surface area contributed by atoms with E-state index in [2.05, 4.69) is 10.6 Å². The zero-order valence-electron chi connectivity index (χ0n) is 10.3. The number of amides is 1. The maximum atomic E-state index is 13.1. The fraction of sp³-hybridized carbons (Fsp3) is 0.417. The summed E-state index contributed by atoms with van der Waals surface area (Å²) in [5, 5.41) is 5.28. The zero-order valence-corrected chi connectivity index (χ0v) is 11.1. The highest BCUT2D eigenvalue weighted by atomic mass is 35.5. The van der Waals surface area contributed by atoms with Crippen molar-refractivity contribution < 1.29 is 22.4 Å². The third kappa shape index (κ3) is 3.83. The minimum atomic E-state index is -4.78. The van der Waals surface area contributed by atoms with Crippen molar-refractivity contribution in [3.8, 4) is 0 Å². The molecule has 1 aromatic carbocycles. The zero-order chi connectivity index (χ0) is 14.0. The lowest BCUT2D eigenvalue weighted by Crippen LogP contribution is -2.35. The molecule has 0 unspecified atom stereocenters. The van der Waals surface area contributed by atoms with Crippen molar-refractivity contribution in [2.75, 3.05) is 11.9 Å². The van der Waals surface area contributed by atoms with E-state index in [0.29, 0.717) is 25.1 Å². The van der Waals surface area contributed by atoms with Gasteiger partial charge in [0, 0.05) is 5.69 Å². The molecule has 0 aliphatic carbocycles. The number of rotatable bonds is 2. The predicted molar refractivity (Wildman–Crippen MR) is 68.3 cm³/mol. The van der Waals surface area contributed by atoms with Gasteiger partial charge in [-0.05, 0) is 37.6 Å². The summed E-state index contributed by atoms with van der Waals surface area (Å²) in [5.41, 5.74) is -1.45. The van der Waals surface area contributed by atoms with Gasteiger partial charge >= 0.3 is 6.18 Å². The van der Waals surface area contributed by atoms with Gasteiger partial charge in [0.25, 0.3) is 0 Å². The number of hydrogen-bond donors (Lipinski definition) is 2. The molecular weight excluding hydrogens is 300 g/mol. The molecule has 1 aromatic rings. The largest absolute Gasteiger partial charge is 0.419 e. The Labute approximate surface area is 119 Å². The van der Waals surface area contributed by atoms with E-state index >= 15 is 0 Å². The van der Waals surface area contributed by atoms with Crippen LogP contribution < -0.4 is 10.6 Å². The Hall–Kier alpha value is -1.34. The molecule has 112 valence electrons. The first kappa shape index (κ1) is 16.7. The number of nitrogens with one attached hydrogen (secondary N) is 2. The Bertz CT molecular complexity index is 487. The van der Waals surface area contributed by atoms with Gasteiger partial charge in [0.1, 0.15) is 5.82 Å². The van der Waals surface area contributed by atoms with Gasteiger partial charge in [-0.1, -0.05) is 0 Å². The molecule has 0 spiro atoms. The fourth-order valence-electron chi connectivity index (χ4n) is 1.96. The number of carbonyl (C=O) groups is 1. The Balaban J connectivity index is 0.00000200. The Morgan fingerprint density at radius 3 is 2.60 bits per heavy atom. The molecule has 3 nitrogen and oxygen atoms in total. The van der Waals surface area contributed by atoms with E-state index in [4.69, 9.17) is 0 Å². The van der Waals surface area contributed by atoms with Gasteiger partial charge < -0.3 is 10.6 Å². The standard InChI is InChI=1S/C12H12F4N2O.ClH/c13-9-4-3-7(6-8(9)12(14,15)16)18-11(19)10-2-1-5-17-10;/h3-4,6,10,17H,1-2,5H2,(H,18,19);1H/t10-;/m0./s1. The van der Waals surface area contributed by atoms with Crippen molar-refractivity contribution in [2.45, 2.75) is 25.1 Å². The third-order valence-corrected chi connectivity index (χ3v) is 2.92. The van der Waals surface area contributed by atoms with Crippen LogP contribution in [0, 0.1) is 5.82 Å². The van der Waals surface area contributed by atoms with Gasteiger partial charge in [0.2, 0.25) is 5.91 Å². The molecule has 1 saturated heterocycles. The van der Waals surface area contributed by atoms with Crippen molar-refractivity contribution in [1.29, 1.82) is 0 Å². The van der Waals surface area contributed by atoms with Crippen molar-refractivity contribution in [3.63, 3.8) is 0 Å². The molecule has 1 fully saturated rings. The number of carbonyl (C=O) groups excluding carboxylic acids is 1. The van der Waals surface area contributed by atoms with Crippen LogP contribution in [0.2, 0.25) is 0 Å². The summed E-state index contributed by atoms with van der Waals surface area (Å²) in [6.45, 7) is 0.704. The molecule has 1 amide bonds. The van der Waals surface area contributed by atoms with Crippen LogP contribution >= 0.6 is 12.4 Å². The number of hydrogen-bond acceptors (Lipinski definition) is 2. The molecule has 8 heteroatoms. The summed E-state index contributed by atoms with van der Waals surface area (Å²) in [5.74, 6) is -1.76. The highest BCUT2D eigenvalue weighted by molar-refractivity contribution is 5.95. The number of benzene rings is 1. The van der Waals surface area contributed by atoms with Crippen LogP contribution in [-0.2, 0) is 11.0 Å². The van der Waals surface area contributed by atoms with Crippen LogP contribution in [0.4, 0.5) is 23.2 Å². The SMILES string of the molecule is Cl.O=C(Nc1ccc(F)c(C(F)(F)F)c1)[C@@H]1CCCN1. The summed E-state index contributed by atoms with van der Waals surface area (Å²) >= 11 is 0. The number of anilines is 1. The van der Waals surface area contributed by atoms with E-state index in [1.807, 2.05) is 0 Å². The summed E-state index contributed by atoms with van der Waals surface area (Å²) in [6, 6.07) is 2.00. The van der Waals surface area contributed by atoms with E-state index in [0.717, 1.165) is 12.5 Å². The van der Waals surface area contributed by atoms with Crippen molar-refractivity contribution in [3.05, 3.63) is 29.6 Å². The molecule has 2 rings (SSSR count). The van der Waals surface area contributed by atoms with Gasteiger partial charge in [-0.25, -0.2) is 4.39 Å². The fourth-order valence-corrected chi connectivity index (χ4v) is 1.96. The van der Waals surface area contributed by atoms with Crippen LogP contribution in [0.3, 0.4) is 0 Å². The lowest BCUT2D eigenvalue weighted by molar-refractivity contribution is -0.140. The molecular formula is C12H13ClF4N2O. The quantitative estimate of drug-likeness (QED) is 0.824. The van der Waals surface area contributed by atoms with Gasteiger partial charge in [0.15, 0.2) is 0 Å². The van der Waals surface area contributed by atoms with Gasteiger partial charge in [0.05, 0.1) is 11.6 Å². The Morgan fingerprint density at radius 2 is 2.05 bits per heavy atom. The van der Waals surface area contributed by atoms with E-state index in [9.17, 15) is 22.4 Å². The number of halogens is 5. The first-order chi connectivity index (χ1) is 8.88. The van der Waals surface area contributed by atoms with Crippen LogP contribution in [0.5, 0.6) is 0 Å². The first-order valence-electron chi connectivity index (χ1n) is 5.79. The summed E-state index contributed by atoms with van der Waals surface area (Å²) in [4.78, 5) is 11.7. The van der Waals surface area contributed by atoms with Crippen molar-refractivity contribution >= 4 is 24.0 Å². The minimum Gasteiger partial charge on any atom is -0.325 e. The molecule has 1 aliphatic heterocycles. The van der Waals surface area contributed by atoms with Gasteiger partial charge in [-0.15, -0.1) is 12.4 Å². The Morgan fingerprint density at radius 1 is 1.35 bits per heavy atom. The average Bonchev–Trinajstić information content (AvgIpc) is 2.83. The second-order valence-electron chi connectivity index (χ2n) is 4.33. The average molecular weight is 313 g/mol. The van der Waals surface area contributed by atoms with Crippen molar-refractivity contribution in [1.82, 2.24) is 5.32 Å². The maximum absolute atomic E-state index is 13.1. The highest BCUT2D eigenvalue weighted by Gasteiger charge is 2.34. The minimum absolute atomic E-state index is 0. The van der Waals surface area contributed by atoms with E-state index < -0.39 is 29.5 Å². The molecule has 0 bridgehead atoms. The molecule has 1 atom stereocenters. The summed E-state index contributed by atoms with van der Waals surface area (Å²) in [6.07, 6.45) is -3.30. The monoisotopic (exact) mass is 312 g/mol. The van der Waals surface area contributed by atoms with Gasteiger partial charge in [-0.3, -0.25) is 4.79 Å². The molecule has 1 heterocycles. The van der Waals surface area contributed by atoms with Crippen LogP contribution in [-0.4, -0.2) is 18.5 Å². The lowest BCUT2D eigenvalue weighted by atomic mass is 10.1. The molecule has 0 saturated carbocycles. The first-order valence-corrected chi connectivity index (χ1v) is 5.79. The molecule has 0 aromatic heterocycles. The smallest absolute Gasteiger partial charge is 0.325 e. The number of alkyl halides is 3. The van der Waals surface area contributed by atoms with E-state index in [-0.39, 0.29) is 18.1 Å². The van der Waals surface area contributed by atoms with E-state index in [1.54, 1.807) is 0 Å². The maximum Gasteiger partial charge on any atom is 0.419 e. The second-order valence-corrected chi connectivity index (χ2v) is 4.33. The molecule has 20 heavy (non-hydrogen) atoms. The van der Waals surface area contributed by atoms with Crippen LogP contribution in [0.25, 0.3) is 0 Å². The lowest BCUT2D eigenvalue weighted by Gasteiger charge is -2.13. The molecule has 1 aliphatic rings. The van der Waals surface area contributed by atoms with Gasteiger partial charge in [-0.2, -0.15) is 13.2 Å². The predicted octanol–water partition coefficient (Wildman–Crippen LogP) is 2.96. The summed E-state index contributed by atoms with van der Waals surface area (Å²) in [7, 11) is 0. The van der Waals surface area contributed by atoms with Crippen LogP contribution in [0.1, 0.15) is 18.4 Å². The topological polar surface area (TPSA) is 41.1 Å². The molecule has 0 radical (unpaired) electrons. The van der Waals surface area contributed by atoms with E-state index in [1.165, 1.54) is 0 Å². The second kappa shape index (κ2) is 6.41.